The number of halogens is 2. The number of anilines is 1. The van der Waals surface area contributed by atoms with Crippen LogP contribution in [-0.2, 0) is 16.1 Å². The Balaban J connectivity index is 1.41. The fraction of sp³-hybridized carbons (Fsp3) is 0.306. The first-order valence-corrected chi connectivity index (χ1v) is 16.2. The van der Waals surface area contributed by atoms with Gasteiger partial charge in [-0.2, -0.15) is 0 Å². The molecule has 1 aromatic carbocycles. The summed E-state index contributed by atoms with van der Waals surface area (Å²) >= 11 is 6.84. The first-order chi connectivity index (χ1) is 24.3. The molecule has 0 spiro atoms. The number of ether oxygens (including phenoxy) is 3. The second-order valence-electron chi connectivity index (χ2n) is 12.6. The molecule has 1 aliphatic heterocycles. The summed E-state index contributed by atoms with van der Waals surface area (Å²) in [5, 5.41) is 5.47. The summed E-state index contributed by atoms with van der Waals surface area (Å²) in [6.07, 6.45) is 3.61. The summed E-state index contributed by atoms with van der Waals surface area (Å²) in [4.78, 5) is 63.6. The number of benzene rings is 1. The van der Waals surface area contributed by atoms with E-state index < -0.39 is 23.4 Å². The topological polar surface area (TPSA) is 162 Å². The molecule has 1 aliphatic rings. The highest BCUT2D eigenvalue weighted by Gasteiger charge is 2.29. The van der Waals surface area contributed by atoms with Crippen LogP contribution in [0.3, 0.4) is 0 Å². The number of aromatic nitrogens is 3. The Morgan fingerprint density at radius 1 is 1.12 bits per heavy atom. The van der Waals surface area contributed by atoms with E-state index in [9.17, 15) is 19.2 Å². The van der Waals surface area contributed by atoms with Crippen molar-refractivity contribution in [2.75, 3.05) is 26.1 Å². The summed E-state index contributed by atoms with van der Waals surface area (Å²) in [6.45, 7) is 5.63. The zero-order valence-electron chi connectivity index (χ0n) is 28.6. The van der Waals surface area contributed by atoms with Crippen molar-refractivity contribution in [1.82, 2.24) is 25.2 Å². The van der Waals surface area contributed by atoms with Crippen LogP contribution in [-0.4, -0.2) is 76.5 Å². The van der Waals surface area contributed by atoms with Crippen molar-refractivity contribution in [2.45, 2.75) is 51.8 Å². The Labute approximate surface area is 298 Å². The molecule has 4 heterocycles. The molecule has 1 atom stereocenters. The first kappa shape index (κ1) is 36.6. The fourth-order valence-electron chi connectivity index (χ4n) is 5.40. The normalized spacial score (nSPS) is 14.0. The van der Waals surface area contributed by atoms with E-state index in [2.05, 4.69) is 25.6 Å². The third-order valence-corrected chi connectivity index (χ3v) is 8.20. The molecule has 0 unspecified atom stereocenters. The number of amides is 3. The average molecular weight is 719 g/mol. The maximum Gasteiger partial charge on any atom is 0.410 e. The largest absolute Gasteiger partial charge is 0.496 e. The van der Waals surface area contributed by atoms with Gasteiger partial charge in [-0.25, -0.2) is 14.2 Å². The van der Waals surface area contributed by atoms with Crippen LogP contribution in [0.2, 0.25) is 5.02 Å². The van der Waals surface area contributed by atoms with Gasteiger partial charge in [0, 0.05) is 54.2 Å². The van der Waals surface area contributed by atoms with Gasteiger partial charge in [-0.3, -0.25) is 24.4 Å². The molecule has 0 saturated carbocycles. The minimum Gasteiger partial charge on any atom is -0.496 e. The van der Waals surface area contributed by atoms with Crippen LogP contribution in [0.1, 0.15) is 60.0 Å². The number of carbonyl (C=O) groups is 4. The molecule has 51 heavy (non-hydrogen) atoms. The van der Waals surface area contributed by atoms with Crippen LogP contribution in [0.15, 0.2) is 54.9 Å². The summed E-state index contributed by atoms with van der Waals surface area (Å²) in [5.74, 6) is -1.24. The molecule has 3 aromatic heterocycles. The van der Waals surface area contributed by atoms with E-state index in [-0.39, 0.29) is 69.9 Å². The Morgan fingerprint density at radius 3 is 2.57 bits per heavy atom. The monoisotopic (exact) mass is 718 g/mol. The molecular weight excluding hydrogens is 683 g/mol. The molecule has 1 saturated heterocycles. The molecule has 266 valence electrons. The maximum absolute atomic E-state index is 15.9. The molecule has 0 radical (unpaired) electrons. The lowest BCUT2D eigenvalue weighted by atomic mass is 10.0. The highest BCUT2D eigenvalue weighted by Crippen LogP contribution is 2.38. The van der Waals surface area contributed by atoms with E-state index in [1.54, 1.807) is 39.0 Å². The molecule has 4 aromatic rings. The van der Waals surface area contributed by atoms with Crippen molar-refractivity contribution < 1.29 is 37.8 Å². The predicted molar refractivity (Wildman–Crippen MR) is 186 cm³/mol. The maximum atomic E-state index is 15.9. The fourth-order valence-corrected chi connectivity index (χ4v) is 5.71. The number of methoxy groups -OCH3 is 2. The van der Waals surface area contributed by atoms with Gasteiger partial charge in [-0.05, 0) is 57.5 Å². The van der Waals surface area contributed by atoms with E-state index >= 15 is 4.39 Å². The molecule has 13 nitrogen and oxygen atoms in total. The summed E-state index contributed by atoms with van der Waals surface area (Å²) in [5.41, 5.74) is 0.655. The molecule has 0 aliphatic carbocycles. The molecular formula is C36H36ClFN6O7. The highest BCUT2D eigenvalue weighted by molar-refractivity contribution is 6.35. The van der Waals surface area contributed by atoms with Crippen molar-refractivity contribution in [3.05, 3.63) is 82.5 Å². The molecule has 5 rings (SSSR count). The van der Waals surface area contributed by atoms with Crippen molar-refractivity contribution >= 4 is 41.5 Å². The summed E-state index contributed by atoms with van der Waals surface area (Å²) in [7, 11) is 2.79. The second-order valence-corrected chi connectivity index (χ2v) is 13.0. The van der Waals surface area contributed by atoms with E-state index in [0.29, 0.717) is 35.9 Å². The molecule has 15 heteroatoms. The lowest BCUT2D eigenvalue weighted by Gasteiger charge is -2.29. The number of aldehydes is 1. The van der Waals surface area contributed by atoms with Crippen LogP contribution >= 0.6 is 11.6 Å². The van der Waals surface area contributed by atoms with Gasteiger partial charge in [-0.1, -0.05) is 17.7 Å². The second kappa shape index (κ2) is 15.5. The third kappa shape index (κ3) is 8.58. The Kier molecular flexibility index (Phi) is 11.1. The van der Waals surface area contributed by atoms with E-state index in [1.165, 1.54) is 55.8 Å². The Morgan fingerprint density at radius 2 is 1.90 bits per heavy atom. The minimum absolute atomic E-state index is 0.0112. The smallest absolute Gasteiger partial charge is 0.410 e. The zero-order valence-corrected chi connectivity index (χ0v) is 29.3. The van der Waals surface area contributed by atoms with Gasteiger partial charge in [0.05, 0.1) is 48.4 Å². The molecule has 0 bridgehead atoms. The van der Waals surface area contributed by atoms with Gasteiger partial charge in [0.15, 0.2) is 12.1 Å². The van der Waals surface area contributed by atoms with Crippen LogP contribution in [0.4, 0.5) is 14.9 Å². The molecule has 2 N–H and O–H groups in total. The number of nitrogens with one attached hydrogen (secondary N) is 2. The molecule has 3 amide bonds. The lowest BCUT2D eigenvalue weighted by molar-refractivity contribution is -0.119. The van der Waals surface area contributed by atoms with E-state index in [4.69, 9.17) is 25.8 Å². The number of rotatable bonds is 11. The van der Waals surface area contributed by atoms with Crippen LogP contribution in [0.5, 0.6) is 11.6 Å². The average Bonchev–Trinajstić information content (AvgIpc) is 3.52. The Bertz CT molecular complexity index is 1990. The predicted octanol–water partition coefficient (Wildman–Crippen LogP) is 6.10. The third-order valence-electron chi connectivity index (χ3n) is 7.81. The number of hydrogen-bond acceptors (Lipinski definition) is 10. The van der Waals surface area contributed by atoms with Gasteiger partial charge in [-0.15, -0.1) is 0 Å². The van der Waals surface area contributed by atoms with Crippen LogP contribution < -0.4 is 20.1 Å². The van der Waals surface area contributed by atoms with Crippen molar-refractivity contribution in [3.63, 3.8) is 0 Å². The van der Waals surface area contributed by atoms with Crippen molar-refractivity contribution in [1.29, 1.82) is 0 Å². The standard InChI is InChI=1S/C36H36ClFN6O7/c1-36(2,3)51-35(48)44(18-22-10-12-29(46)41-22)17-20-9-11-25(43-34(20)50-5)23-13-14-39-32(30(23)37)24-7-6-8-26(31(24)38)42-33(47)27-15-28(49-4)21(19-45)16-40-27/h6-9,11,13-16,19,22H,10,12,17-18H2,1-5H3,(H,41,46)(H,42,47)/t22-/m0/s1. The molecule has 1 fully saturated rings. The van der Waals surface area contributed by atoms with Gasteiger partial charge in [0.25, 0.3) is 5.91 Å². The SMILES string of the molecule is COc1cc(C(=O)Nc2cccc(-c3nccc(-c4ccc(CN(C[C@@H]5CCC(=O)N5)C(=O)OC(C)(C)C)c(OC)n4)c3Cl)c2F)ncc1C=O. The number of hydrogen-bond donors (Lipinski definition) is 2. The van der Waals surface area contributed by atoms with E-state index in [0.717, 1.165) is 0 Å². The van der Waals surface area contributed by atoms with Gasteiger partial charge in [0.1, 0.15) is 17.0 Å². The Hall–Kier alpha value is -5.63. The van der Waals surface area contributed by atoms with Crippen LogP contribution in [0.25, 0.3) is 22.5 Å². The van der Waals surface area contributed by atoms with Gasteiger partial charge < -0.3 is 29.7 Å². The van der Waals surface area contributed by atoms with Crippen LogP contribution in [0, 0.1) is 5.82 Å². The summed E-state index contributed by atoms with van der Waals surface area (Å²) < 4.78 is 32.3. The number of nitrogens with zero attached hydrogens (tertiary/aromatic N) is 4. The van der Waals surface area contributed by atoms with Crippen molar-refractivity contribution in [3.8, 4) is 34.1 Å². The minimum atomic E-state index is -0.796. The zero-order chi connectivity index (χ0) is 36.9. The van der Waals surface area contributed by atoms with Gasteiger partial charge in [0.2, 0.25) is 11.8 Å². The van der Waals surface area contributed by atoms with Crippen molar-refractivity contribution in [2.24, 2.45) is 0 Å². The highest BCUT2D eigenvalue weighted by atomic mass is 35.5. The summed E-state index contributed by atoms with van der Waals surface area (Å²) in [6, 6.07) is 10.5. The number of pyridine rings is 3. The number of carbonyl (C=O) groups excluding carboxylic acids is 4. The van der Waals surface area contributed by atoms with E-state index in [1.807, 2.05) is 0 Å². The quantitative estimate of drug-likeness (QED) is 0.174. The lowest BCUT2D eigenvalue weighted by Crippen LogP contribution is -2.43. The first-order valence-electron chi connectivity index (χ1n) is 15.9. The van der Waals surface area contributed by atoms with Gasteiger partial charge >= 0.3 is 6.09 Å².